The fraction of sp³-hybridized carbons (Fsp3) is 0.600. The molecule has 0 amide bonds. The van der Waals surface area contributed by atoms with Crippen LogP contribution in [-0.2, 0) is 0 Å². The fourth-order valence-corrected chi connectivity index (χ4v) is 7.19. The van der Waals surface area contributed by atoms with Crippen molar-refractivity contribution in [2.75, 3.05) is 0 Å². The molecule has 0 N–H and O–H groups in total. The van der Waals surface area contributed by atoms with Gasteiger partial charge in [0.2, 0.25) is 0 Å². The molecule has 0 aliphatic heterocycles. The Balaban J connectivity index is 0.000000690. The van der Waals surface area contributed by atoms with Gasteiger partial charge in [-0.2, -0.15) is 0 Å². The van der Waals surface area contributed by atoms with Crippen LogP contribution in [0, 0.1) is 6.92 Å². The molecule has 0 atom stereocenters. The highest BCUT2D eigenvalue weighted by molar-refractivity contribution is 7.68. The molecule has 122 valence electrons. The topological polar surface area (TPSA) is 0 Å². The van der Waals surface area contributed by atoms with Crippen LogP contribution >= 0.6 is 7.92 Å². The van der Waals surface area contributed by atoms with Crippen molar-refractivity contribution in [2.45, 2.75) is 58.8 Å². The van der Waals surface area contributed by atoms with Gasteiger partial charge in [0.05, 0.1) is 15.6 Å². The Morgan fingerprint density at radius 2 is 1.05 bits per heavy atom. The lowest BCUT2D eigenvalue weighted by Crippen LogP contribution is -2.31. The Kier molecular flexibility index (Phi) is 6.94. The minimum Gasteiger partial charge on any atom is -0.418 e. The molecule has 21 heavy (non-hydrogen) atoms. The predicted octanol–water partition coefficient (Wildman–Crippen LogP) is 5.73. The van der Waals surface area contributed by atoms with Crippen molar-refractivity contribution < 1.29 is 17.3 Å². The summed E-state index contributed by atoms with van der Waals surface area (Å²) in [6.07, 6.45) is 0. The quantitative estimate of drug-likeness (QED) is 0.351. The molecule has 0 radical (unpaired) electrons. The lowest BCUT2D eigenvalue weighted by Gasteiger charge is -2.33. The molecule has 0 heterocycles. The van der Waals surface area contributed by atoms with E-state index in [-0.39, 0.29) is 0 Å². The second-order valence-corrected chi connectivity index (χ2v) is 11.6. The van der Waals surface area contributed by atoms with E-state index < -0.39 is 15.2 Å². The molecule has 0 bridgehead atoms. The molecule has 0 saturated carbocycles. The summed E-state index contributed by atoms with van der Waals surface area (Å²) >= 11 is 0. The van der Waals surface area contributed by atoms with Crippen molar-refractivity contribution in [3.63, 3.8) is 0 Å². The molecule has 0 fully saturated rings. The molecule has 1 aromatic rings. The van der Waals surface area contributed by atoms with E-state index in [1.807, 2.05) is 0 Å². The van der Waals surface area contributed by atoms with E-state index in [9.17, 15) is 17.3 Å². The average molecular weight is 324 g/mol. The van der Waals surface area contributed by atoms with Gasteiger partial charge in [0.15, 0.2) is 0 Å². The molecule has 0 aliphatic rings. The van der Waals surface area contributed by atoms with Crippen molar-refractivity contribution in [3.05, 3.63) is 29.8 Å². The van der Waals surface area contributed by atoms with Crippen LogP contribution in [0.5, 0.6) is 0 Å². The van der Waals surface area contributed by atoms with Crippen molar-refractivity contribution in [3.8, 4) is 0 Å². The van der Waals surface area contributed by atoms with Gasteiger partial charge in [-0.25, -0.2) is 0 Å². The predicted molar refractivity (Wildman–Crippen MR) is 88.8 cm³/mol. The Hall–Kier alpha value is -0.565. The molecule has 0 aliphatic carbocycles. The van der Waals surface area contributed by atoms with Crippen molar-refractivity contribution in [2.24, 2.45) is 0 Å². The summed E-state index contributed by atoms with van der Waals surface area (Å²) in [5.41, 5.74) is 1.35. The van der Waals surface area contributed by atoms with Crippen molar-refractivity contribution in [1.29, 1.82) is 0 Å². The number of benzene rings is 1. The minimum atomic E-state index is -6.00. The van der Waals surface area contributed by atoms with E-state index in [1.165, 1.54) is 5.56 Å². The summed E-state index contributed by atoms with van der Waals surface area (Å²) in [7, 11) is -6.57. The minimum absolute atomic E-state index is 0.401. The summed E-state index contributed by atoms with van der Waals surface area (Å²) < 4.78 is 39.0. The number of aryl methyl sites for hydroxylation is 1. The van der Waals surface area contributed by atoms with Gasteiger partial charge in [-0.05, 0) is 60.6 Å². The zero-order valence-electron chi connectivity index (χ0n) is 13.9. The molecular formula is C15H26BF4P. The Labute approximate surface area is 127 Å². The lowest BCUT2D eigenvalue weighted by molar-refractivity contribution is 0.368. The first kappa shape index (κ1) is 20.4. The summed E-state index contributed by atoms with van der Waals surface area (Å²) in [6, 6.07) is 9.16. The van der Waals surface area contributed by atoms with E-state index in [1.54, 1.807) is 5.30 Å². The summed E-state index contributed by atoms with van der Waals surface area (Å²) in [5.74, 6) is 0. The molecule has 0 aromatic heterocycles. The number of hydrogen-bond donors (Lipinski definition) is 0. The van der Waals surface area contributed by atoms with Gasteiger partial charge >= 0.3 is 7.25 Å². The molecule has 0 nitrogen and oxygen atoms in total. The zero-order chi connectivity index (χ0) is 17.1. The maximum absolute atomic E-state index is 9.75. The fourth-order valence-electron chi connectivity index (χ4n) is 2.71. The van der Waals surface area contributed by atoms with Crippen LogP contribution in [0.4, 0.5) is 17.3 Å². The van der Waals surface area contributed by atoms with Gasteiger partial charge in [0, 0.05) is 7.92 Å². The second-order valence-electron chi connectivity index (χ2n) is 7.24. The highest BCUT2D eigenvalue weighted by atomic mass is 31.1. The van der Waals surface area contributed by atoms with Gasteiger partial charge in [-0.3, -0.25) is 0 Å². The van der Waals surface area contributed by atoms with Crippen LogP contribution in [0.1, 0.15) is 47.1 Å². The summed E-state index contributed by atoms with van der Waals surface area (Å²) in [4.78, 5) is 0. The third kappa shape index (κ3) is 9.13. The molecule has 0 unspecified atom stereocenters. The van der Waals surface area contributed by atoms with Crippen LogP contribution in [0.15, 0.2) is 24.3 Å². The monoisotopic (exact) mass is 324 g/mol. The normalized spacial score (nSPS) is 13.0. The van der Waals surface area contributed by atoms with Crippen LogP contribution in [-0.4, -0.2) is 17.6 Å². The van der Waals surface area contributed by atoms with E-state index >= 15 is 0 Å². The maximum atomic E-state index is 9.75. The molecule has 1 aromatic carbocycles. The first-order valence-electron chi connectivity index (χ1n) is 6.94. The number of hydrogen-bond acceptors (Lipinski definition) is 0. The van der Waals surface area contributed by atoms with E-state index in [2.05, 4.69) is 72.7 Å². The Bertz CT molecular complexity index is 407. The molecule has 6 heteroatoms. The van der Waals surface area contributed by atoms with E-state index in [4.69, 9.17) is 0 Å². The van der Waals surface area contributed by atoms with E-state index in [0.29, 0.717) is 10.3 Å². The molecule has 0 spiro atoms. The standard InChI is InChI=1S/C15H25P.BF4/c1-12-8-10-13(11-9-12)16(14(2,3)4)15(5,6)7;2-1(3,4)5/h8-11H,1-7H3;/q;-1/p+1. The molecule has 0 saturated heterocycles. The third-order valence-electron chi connectivity index (χ3n) is 2.84. The highest BCUT2D eigenvalue weighted by Crippen LogP contribution is 2.58. The third-order valence-corrected chi connectivity index (χ3v) is 6.75. The molecular weight excluding hydrogens is 298 g/mol. The zero-order valence-corrected chi connectivity index (χ0v) is 14.9. The highest BCUT2D eigenvalue weighted by Gasteiger charge is 2.43. The first-order chi connectivity index (χ1) is 9.12. The number of halogens is 4. The average Bonchev–Trinajstić information content (AvgIpc) is 2.14. The Morgan fingerprint density at radius 3 is 1.29 bits per heavy atom. The SMILES string of the molecule is Cc1ccc([PH+](C(C)(C)C)C(C)(C)C)cc1.F[B-](F)(F)F. The Morgan fingerprint density at radius 1 is 0.762 bits per heavy atom. The maximum Gasteiger partial charge on any atom is 0.673 e. The number of rotatable bonds is 1. The van der Waals surface area contributed by atoms with E-state index in [0.717, 1.165) is 0 Å². The summed E-state index contributed by atoms with van der Waals surface area (Å²) in [6.45, 7) is 16.4. The largest absolute Gasteiger partial charge is 0.673 e. The molecule has 1 rings (SSSR count). The lowest BCUT2D eigenvalue weighted by atomic mass is 10.2. The van der Waals surface area contributed by atoms with Crippen molar-refractivity contribution >= 4 is 20.5 Å². The van der Waals surface area contributed by atoms with Crippen LogP contribution in [0.3, 0.4) is 0 Å². The van der Waals surface area contributed by atoms with Gasteiger partial charge in [0.1, 0.15) is 0 Å². The van der Waals surface area contributed by atoms with Gasteiger partial charge in [-0.15, -0.1) is 0 Å². The second kappa shape index (κ2) is 7.13. The van der Waals surface area contributed by atoms with Crippen molar-refractivity contribution in [1.82, 2.24) is 0 Å². The van der Waals surface area contributed by atoms with Crippen LogP contribution in [0.2, 0.25) is 0 Å². The van der Waals surface area contributed by atoms with Gasteiger partial charge < -0.3 is 17.3 Å². The smallest absolute Gasteiger partial charge is 0.418 e. The summed E-state index contributed by atoms with van der Waals surface area (Å²) in [5, 5.41) is 2.37. The van der Waals surface area contributed by atoms with Gasteiger partial charge in [0.25, 0.3) is 0 Å². The first-order valence-corrected chi connectivity index (χ1v) is 8.44. The van der Waals surface area contributed by atoms with Crippen LogP contribution in [0.25, 0.3) is 0 Å². The van der Waals surface area contributed by atoms with Crippen LogP contribution < -0.4 is 5.30 Å². The van der Waals surface area contributed by atoms with Gasteiger partial charge in [-0.1, -0.05) is 17.7 Å².